The number of amidine groups is 1. The van der Waals surface area contributed by atoms with E-state index in [9.17, 15) is 9.18 Å². The van der Waals surface area contributed by atoms with Gasteiger partial charge in [-0.25, -0.2) is 9.37 Å². The lowest BCUT2D eigenvalue weighted by molar-refractivity contribution is -0.120. The maximum absolute atomic E-state index is 13.9. The molecule has 1 aliphatic carbocycles. The van der Waals surface area contributed by atoms with Gasteiger partial charge in [-0.3, -0.25) is 14.8 Å². The second-order valence-corrected chi connectivity index (χ2v) is 10.4. The van der Waals surface area contributed by atoms with Crippen molar-refractivity contribution in [1.29, 1.82) is 0 Å². The molecule has 1 saturated heterocycles. The highest BCUT2D eigenvalue weighted by Crippen LogP contribution is 2.39. The number of carbonyl (C=O) groups excluding carboxylic acids is 1. The number of aliphatic imine (C=N–C) groups is 1. The summed E-state index contributed by atoms with van der Waals surface area (Å²) in [6.45, 7) is 2.72. The number of amides is 1. The number of hydrogen-bond donors (Lipinski definition) is 0. The van der Waals surface area contributed by atoms with Crippen molar-refractivity contribution in [3.63, 3.8) is 0 Å². The van der Waals surface area contributed by atoms with E-state index in [1.165, 1.54) is 34.5 Å². The van der Waals surface area contributed by atoms with Gasteiger partial charge in [-0.05, 0) is 96.8 Å². The number of hydrazine groups is 1. The molecule has 2 aliphatic heterocycles. The zero-order valence-corrected chi connectivity index (χ0v) is 21.7. The molecule has 0 N–H and O–H groups in total. The Kier molecular flexibility index (Phi) is 5.65. The van der Waals surface area contributed by atoms with Gasteiger partial charge >= 0.3 is 0 Å². The van der Waals surface area contributed by atoms with Crippen LogP contribution in [-0.4, -0.2) is 32.8 Å². The normalized spacial score (nSPS) is 19.4. The molecule has 0 bridgehead atoms. The quantitative estimate of drug-likeness (QED) is 0.333. The number of rotatable bonds is 4. The third-order valence-corrected chi connectivity index (χ3v) is 7.90. The van der Waals surface area contributed by atoms with Crippen molar-refractivity contribution in [1.82, 2.24) is 14.6 Å². The Balaban J connectivity index is 1.31. The number of carbonyl (C=O) groups is 1. The molecule has 39 heavy (non-hydrogen) atoms. The number of piperidine rings is 1. The summed E-state index contributed by atoms with van der Waals surface area (Å²) < 4.78 is 16.0. The number of nitrogens with zero attached hydrogens (tertiary/aromatic N) is 5. The van der Waals surface area contributed by atoms with Crippen LogP contribution < -0.4 is 5.01 Å². The number of anilines is 1. The molecule has 1 unspecified atom stereocenters. The van der Waals surface area contributed by atoms with E-state index in [4.69, 9.17) is 0 Å². The zero-order chi connectivity index (χ0) is 26.5. The lowest BCUT2D eigenvalue weighted by Gasteiger charge is -2.47. The molecule has 3 aliphatic rings. The molecule has 3 heterocycles. The Morgan fingerprint density at radius 1 is 0.949 bits per heavy atom. The molecule has 7 rings (SSSR count). The molecule has 4 aromatic rings. The molecule has 3 aromatic carbocycles. The summed E-state index contributed by atoms with van der Waals surface area (Å²) in [5.74, 6) is 0.159. The van der Waals surface area contributed by atoms with Crippen molar-refractivity contribution in [2.24, 2.45) is 4.99 Å². The van der Waals surface area contributed by atoms with Crippen molar-refractivity contribution >= 4 is 23.5 Å². The first-order valence-electron chi connectivity index (χ1n) is 13.4. The van der Waals surface area contributed by atoms with Crippen LogP contribution in [0.15, 0.2) is 89.8 Å². The molecule has 7 heteroatoms. The SMILES string of the molecule is Cc1cn(-c2ccc(C=C3CCCN4C3=NC(=O)C(c3ccccc3)N4c3ccc(F)cc3)c3c2CC3)cn1. The predicted molar refractivity (Wildman–Crippen MR) is 150 cm³/mol. The first-order chi connectivity index (χ1) is 19.1. The van der Waals surface area contributed by atoms with Crippen LogP contribution in [0.4, 0.5) is 10.1 Å². The number of aryl methyl sites for hydroxylation is 1. The monoisotopic (exact) mass is 517 g/mol. The average molecular weight is 518 g/mol. The Morgan fingerprint density at radius 2 is 1.74 bits per heavy atom. The van der Waals surface area contributed by atoms with E-state index in [1.54, 1.807) is 12.1 Å². The molecule has 1 fully saturated rings. The van der Waals surface area contributed by atoms with Crippen LogP contribution in [0.25, 0.3) is 11.8 Å². The van der Waals surface area contributed by atoms with E-state index in [0.29, 0.717) is 5.84 Å². The van der Waals surface area contributed by atoms with Gasteiger partial charge in [-0.1, -0.05) is 36.4 Å². The van der Waals surface area contributed by atoms with Crippen LogP contribution in [0.1, 0.15) is 46.8 Å². The van der Waals surface area contributed by atoms with Crippen LogP contribution >= 0.6 is 0 Å². The highest BCUT2D eigenvalue weighted by molar-refractivity contribution is 6.12. The summed E-state index contributed by atoms with van der Waals surface area (Å²) in [4.78, 5) is 22.7. The van der Waals surface area contributed by atoms with E-state index in [2.05, 4.69) is 44.0 Å². The fraction of sp³-hybridized carbons (Fsp3) is 0.219. The molecule has 0 radical (unpaired) electrons. The van der Waals surface area contributed by atoms with Crippen LogP contribution in [-0.2, 0) is 17.6 Å². The number of halogens is 1. The van der Waals surface area contributed by atoms with Crippen molar-refractivity contribution in [2.75, 3.05) is 11.6 Å². The summed E-state index contributed by atoms with van der Waals surface area (Å²) >= 11 is 0. The average Bonchev–Trinajstić information content (AvgIpc) is 3.36. The minimum Gasteiger partial charge on any atom is -0.306 e. The lowest BCUT2D eigenvalue weighted by atomic mass is 9.82. The smallest absolute Gasteiger partial charge is 0.277 e. The molecular formula is C32H28FN5O. The Labute approximate surface area is 226 Å². The summed E-state index contributed by atoms with van der Waals surface area (Å²) in [5.41, 5.74) is 8.74. The van der Waals surface area contributed by atoms with Gasteiger partial charge in [0.2, 0.25) is 0 Å². The Morgan fingerprint density at radius 3 is 2.46 bits per heavy atom. The van der Waals surface area contributed by atoms with E-state index in [1.807, 2.05) is 48.6 Å². The molecular weight excluding hydrogens is 489 g/mol. The first-order valence-corrected chi connectivity index (χ1v) is 13.4. The number of benzene rings is 3. The van der Waals surface area contributed by atoms with Gasteiger partial charge in [-0.15, -0.1) is 0 Å². The van der Waals surface area contributed by atoms with Gasteiger partial charge in [0, 0.05) is 18.4 Å². The molecule has 0 spiro atoms. The summed E-state index contributed by atoms with van der Waals surface area (Å²) in [5, 5.41) is 4.10. The van der Waals surface area contributed by atoms with Crippen molar-refractivity contribution < 1.29 is 9.18 Å². The third-order valence-electron chi connectivity index (χ3n) is 7.90. The molecule has 0 saturated carbocycles. The molecule has 1 amide bonds. The van der Waals surface area contributed by atoms with Crippen LogP contribution in [0.3, 0.4) is 0 Å². The Bertz CT molecular complexity index is 1640. The fourth-order valence-corrected chi connectivity index (χ4v) is 5.95. The van der Waals surface area contributed by atoms with Crippen molar-refractivity contribution in [2.45, 2.75) is 38.6 Å². The summed E-state index contributed by atoms with van der Waals surface area (Å²) in [6, 6.07) is 19.8. The number of hydrogen-bond acceptors (Lipinski definition) is 4. The van der Waals surface area contributed by atoms with E-state index < -0.39 is 6.04 Å². The van der Waals surface area contributed by atoms with Crippen molar-refractivity contribution in [3.8, 4) is 5.69 Å². The van der Waals surface area contributed by atoms with Gasteiger partial charge in [0.25, 0.3) is 5.91 Å². The maximum Gasteiger partial charge on any atom is 0.277 e. The fourth-order valence-electron chi connectivity index (χ4n) is 5.95. The highest BCUT2D eigenvalue weighted by atomic mass is 19.1. The topological polar surface area (TPSA) is 53.7 Å². The highest BCUT2D eigenvalue weighted by Gasteiger charge is 2.40. The van der Waals surface area contributed by atoms with E-state index in [0.717, 1.165) is 54.7 Å². The first kappa shape index (κ1) is 23.6. The third kappa shape index (κ3) is 4.05. The molecule has 194 valence electrons. The number of aromatic nitrogens is 2. The zero-order valence-electron chi connectivity index (χ0n) is 21.7. The van der Waals surface area contributed by atoms with Crippen LogP contribution in [0.5, 0.6) is 0 Å². The van der Waals surface area contributed by atoms with Crippen LogP contribution in [0.2, 0.25) is 0 Å². The van der Waals surface area contributed by atoms with Gasteiger partial charge in [-0.2, -0.15) is 4.99 Å². The van der Waals surface area contributed by atoms with E-state index in [-0.39, 0.29) is 11.7 Å². The van der Waals surface area contributed by atoms with Gasteiger partial charge in [0.15, 0.2) is 11.9 Å². The minimum atomic E-state index is -0.612. The summed E-state index contributed by atoms with van der Waals surface area (Å²) in [6.07, 6.45) is 9.98. The summed E-state index contributed by atoms with van der Waals surface area (Å²) in [7, 11) is 0. The predicted octanol–water partition coefficient (Wildman–Crippen LogP) is 6.00. The number of imidazole rings is 1. The largest absolute Gasteiger partial charge is 0.306 e. The second kappa shape index (κ2) is 9.34. The van der Waals surface area contributed by atoms with Gasteiger partial charge < -0.3 is 4.57 Å². The second-order valence-electron chi connectivity index (χ2n) is 10.4. The van der Waals surface area contributed by atoms with E-state index >= 15 is 0 Å². The van der Waals surface area contributed by atoms with Gasteiger partial charge in [0.1, 0.15) is 5.82 Å². The van der Waals surface area contributed by atoms with Gasteiger partial charge in [0.05, 0.1) is 17.7 Å². The maximum atomic E-state index is 13.9. The molecule has 1 aromatic heterocycles. The van der Waals surface area contributed by atoms with Crippen molar-refractivity contribution in [3.05, 3.63) is 119 Å². The molecule has 1 atom stereocenters. The number of fused-ring (bicyclic) bond motifs is 2. The van der Waals surface area contributed by atoms with Crippen LogP contribution in [0, 0.1) is 12.7 Å². The standard InChI is InChI=1S/C32H28FN5O/c1-21-19-36(20-34-21)29-16-9-23(27-14-15-28(27)29)18-24-8-5-17-37-31(24)35-32(39)30(22-6-3-2-4-7-22)38(37)26-12-10-25(33)11-13-26/h2-4,6-7,9-13,16,18-20,30H,5,8,14-15,17H2,1H3. The Hall–Kier alpha value is -4.52. The molecule has 6 nitrogen and oxygen atoms in total. The minimum absolute atomic E-state index is 0.219. The lowest BCUT2D eigenvalue weighted by Crippen LogP contribution is -2.56.